The van der Waals surface area contributed by atoms with Crippen molar-refractivity contribution in [3.63, 3.8) is 0 Å². The van der Waals surface area contributed by atoms with E-state index in [1.54, 1.807) is 4.90 Å². The van der Waals surface area contributed by atoms with Crippen molar-refractivity contribution in [1.82, 2.24) is 10.3 Å². The van der Waals surface area contributed by atoms with E-state index < -0.39 is 17.6 Å². The summed E-state index contributed by atoms with van der Waals surface area (Å²) in [4.78, 5) is 17.3. The molecular formula is C17H21F4N3O. The van der Waals surface area contributed by atoms with Crippen LogP contribution in [-0.2, 0) is 11.0 Å². The van der Waals surface area contributed by atoms with Gasteiger partial charge < -0.3 is 10.2 Å². The Kier molecular flexibility index (Phi) is 5.15. The van der Waals surface area contributed by atoms with E-state index in [1.807, 2.05) is 0 Å². The van der Waals surface area contributed by atoms with Gasteiger partial charge in [-0.2, -0.15) is 13.2 Å². The summed E-state index contributed by atoms with van der Waals surface area (Å²) in [6.45, 7) is 0.966. The molecule has 0 radical (unpaired) electrons. The molecule has 2 aliphatic rings. The normalized spacial score (nSPS) is 19.6. The fraction of sp³-hybridized carbons (Fsp3) is 0.647. The number of rotatable bonds is 4. The van der Waals surface area contributed by atoms with Crippen molar-refractivity contribution in [1.29, 1.82) is 0 Å². The number of amides is 1. The van der Waals surface area contributed by atoms with E-state index in [0.717, 1.165) is 19.3 Å². The molecule has 1 aliphatic heterocycles. The summed E-state index contributed by atoms with van der Waals surface area (Å²) >= 11 is 0. The van der Waals surface area contributed by atoms with Gasteiger partial charge in [0.15, 0.2) is 11.6 Å². The van der Waals surface area contributed by atoms with Crippen LogP contribution in [0.2, 0.25) is 0 Å². The number of nitrogens with one attached hydrogen (secondary N) is 1. The fourth-order valence-electron chi connectivity index (χ4n) is 3.27. The van der Waals surface area contributed by atoms with Crippen LogP contribution in [0.1, 0.15) is 44.1 Å². The van der Waals surface area contributed by atoms with Gasteiger partial charge in [0.05, 0.1) is 5.56 Å². The van der Waals surface area contributed by atoms with Crippen molar-refractivity contribution in [2.75, 3.05) is 18.0 Å². The van der Waals surface area contributed by atoms with Crippen LogP contribution >= 0.6 is 0 Å². The topological polar surface area (TPSA) is 45.2 Å². The minimum atomic E-state index is -4.60. The van der Waals surface area contributed by atoms with E-state index in [2.05, 4.69) is 10.3 Å². The van der Waals surface area contributed by atoms with E-state index in [0.29, 0.717) is 50.7 Å². The molecule has 0 atom stereocenters. The Hall–Kier alpha value is -1.86. The molecule has 2 heterocycles. The second-order valence-corrected chi connectivity index (χ2v) is 6.86. The first-order valence-electron chi connectivity index (χ1n) is 8.60. The predicted octanol–water partition coefficient (Wildman–Crippen LogP) is 3.51. The first-order valence-corrected chi connectivity index (χ1v) is 8.60. The Balaban J connectivity index is 1.52. The van der Waals surface area contributed by atoms with Crippen molar-refractivity contribution in [3.8, 4) is 0 Å². The molecular weight excluding hydrogens is 338 g/mol. The first kappa shape index (κ1) is 17.9. The van der Waals surface area contributed by atoms with Crippen LogP contribution in [0.15, 0.2) is 12.3 Å². The number of anilines is 1. The monoisotopic (exact) mass is 359 g/mol. The zero-order valence-corrected chi connectivity index (χ0v) is 13.8. The number of halogens is 4. The van der Waals surface area contributed by atoms with E-state index in [9.17, 15) is 22.4 Å². The third-order valence-corrected chi connectivity index (χ3v) is 5.01. The lowest BCUT2D eigenvalue weighted by molar-refractivity contribution is -0.138. The molecule has 1 aliphatic carbocycles. The number of hydrogen-bond donors (Lipinski definition) is 1. The minimum absolute atomic E-state index is 0.0506. The van der Waals surface area contributed by atoms with Gasteiger partial charge in [-0.05, 0) is 44.1 Å². The van der Waals surface area contributed by atoms with Crippen molar-refractivity contribution >= 4 is 11.7 Å². The summed E-state index contributed by atoms with van der Waals surface area (Å²) in [5.74, 6) is -0.739. The second-order valence-electron chi connectivity index (χ2n) is 6.86. The quantitative estimate of drug-likeness (QED) is 0.837. The highest BCUT2D eigenvalue weighted by Crippen LogP contribution is 2.32. The van der Waals surface area contributed by atoms with Crippen LogP contribution in [0.25, 0.3) is 0 Å². The molecule has 138 valence electrons. The van der Waals surface area contributed by atoms with E-state index in [1.165, 1.54) is 0 Å². The van der Waals surface area contributed by atoms with Crippen LogP contribution < -0.4 is 10.2 Å². The molecule has 0 spiro atoms. The molecule has 25 heavy (non-hydrogen) atoms. The summed E-state index contributed by atoms with van der Waals surface area (Å²) in [6, 6.07) is 0.804. The van der Waals surface area contributed by atoms with Crippen LogP contribution in [0.3, 0.4) is 0 Å². The average molecular weight is 359 g/mol. The molecule has 0 bridgehead atoms. The number of carbonyl (C=O) groups is 1. The minimum Gasteiger partial charge on any atom is -0.354 e. The van der Waals surface area contributed by atoms with Gasteiger partial charge in [0.25, 0.3) is 0 Å². The number of piperidine rings is 1. The van der Waals surface area contributed by atoms with E-state index in [4.69, 9.17) is 0 Å². The van der Waals surface area contributed by atoms with Gasteiger partial charge in [0.1, 0.15) is 0 Å². The van der Waals surface area contributed by atoms with Crippen LogP contribution in [0, 0.1) is 11.7 Å². The van der Waals surface area contributed by atoms with Crippen LogP contribution in [0.4, 0.5) is 23.4 Å². The lowest BCUT2D eigenvalue weighted by atomic mass is 9.90. The molecule has 8 heteroatoms. The first-order chi connectivity index (χ1) is 11.8. The lowest BCUT2D eigenvalue weighted by Gasteiger charge is -2.33. The third-order valence-electron chi connectivity index (χ3n) is 5.01. The Labute approximate surface area is 143 Å². The van der Waals surface area contributed by atoms with Crippen molar-refractivity contribution in [3.05, 3.63) is 23.6 Å². The molecule has 2 fully saturated rings. The summed E-state index contributed by atoms with van der Waals surface area (Å²) in [5, 5.41) is 3.00. The summed E-state index contributed by atoms with van der Waals surface area (Å²) in [5.41, 5.74) is -1.09. The van der Waals surface area contributed by atoms with Crippen molar-refractivity contribution in [2.24, 2.45) is 5.92 Å². The number of pyridine rings is 1. The molecule has 3 rings (SSSR count). The highest BCUT2D eigenvalue weighted by molar-refractivity contribution is 5.76. The number of alkyl halides is 3. The van der Waals surface area contributed by atoms with Gasteiger partial charge in [0.2, 0.25) is 5.91 Å². The van der Waals surface area contributed by atoms with Crippen molar-refractivity contribution < 1.29 is 22.4 Å². The SMILES string of the molecule is O=C(CC1CCN(c2ncc(C(F)(F)F)cc2F)CC1)NC1CCC1. The summed E-state index contributed by atoms with van der Waals surface area (Å²) in [7, 11) is 0. The average Bonchev–Trinajstić information content (AvgIpc) is 2.51. The largest absolute Gasteiger partial charge is 0.417 e. The summed E-state index contributed by atoms with van der Waals surface area (Å²) < 4.78 is 51.7. The number of nitrogens with zero attached hydrogens (tertiary/aromatic N) is 2. The van der Waals surface area contributed by atoms with Crippen molar-refractivity contribution in [2.45, 2.75) is 50.7 Å². The number of hydrogen-bond acceptors (Lipinski definition) is 3. The van der Waals surface area contributed by atoms with Gasteiger partial charge in [-0.15, -0.1) is 0 Å². The molecule has 1 N–H and O–H groups in total. The number of aromatic nitrogens is 1. The molecule has 1 saturated carbocycles. The third kappa shape index (κ3) is 4.41. The Bertz CT molecular complexity index is 623. The Morgan fingerprint density at radius 2 is 1.92 bits per heavy atom. The van der Waals surface area contributed by atoms with E-state index >= 15 is 0 Å². The van der Waals surface area contributed by atoms with Crippen LogP contribution in [-0.4, -0.2) is 30.0 Å². The molecule has 0 unspecified atom stereocenters. The highest BCUT2D eigenvalue weighted by atomic mass is 19.4. The zero-order chi connectivity index (χ0) is 18.0. The molecule has 1 aromatic heterocycles. The molecule has 1 amide bonds. The summed E-state index contributed by atoms with van der Waals surface area (Å²) in [6.07, 6.45) is 1.15. The van der Waals surface area contributed by atoms with Gasteiger partial charge in [-0.25, -0.2) is 9.37 Å². The van der Waals surface area contributed by atoms with Gasteiger partial charge >= 0.3 is 6.18 Å². The van der Waals surface area contributed by atoms with Crippen LogP contribution in [0.5, 0.6) is 0 Å². The maximum absolute atomic E-state index is 14.0. The molecule has 1 aromatic rings. The second kappa shape index (κ2) is 7.17. The highest BCUT2D eigenvalue weighted by Gasteiger charge is 2.33. The maximum atomic E-state index is 14.0. The smallest absolute Gasteiger partial charge is 0.354 e. The predicted molar refractivity (Wildman–Crippen MR) is 84.5 cm³/mol. The molecule has 1 saturated heterocycles. The molecule has 0 aromatic carbocycles. The lowest BCUT2D eigenvalue weighted by Crippen LogP contribution is -2.41. The number of carbonyl (C=O) groups excluding carboxylic acids is 1. The standard InChI is InChI=1S/C17H21F4N3O/c18-14-9-12(17(19,20)21)10-22-16(14)24-6-4-11(5-7-24)8-15(25)23-13-2-1-3-13/h9-11,13H,1-8H2,(H,23,25). The zero-order valence-electron chi connectivity index (χ0n) is 13.8. The van der Waals surface area contributed by atoms with E-state index in [-0.39, 0.29) is 17.6 Å². The molecule has 4 nitrogen and oxygen atoms in total. The fourth-order valence-corrected chi connectivity index (χ4v) is 3.27. The Morgan fingerprint density at radius 3 is 2.44 bits per heavy atom. The Morgan fingerprint density at radius 1 is 1.24 bits per heavy atom. The maximum Gasteiger partial charge on any atom is 0.417 e. The van der Waals surface area contributed by atoms with Gasteiger partial charge in [-0.1, -0.05) is 0 Å². The van der Waals surface area contributed by atoms with Gasteiger partial charge in [-0.3, -0.25) is 4.79 Å². The van der Waals surface area contributed by atoms with Gasteiger partial charge in [0, 0.05) is 31.7 Å².